The zero-order valence-electron chi connectivity index (χ0n) is 12.0. The molecule has 19 heavy (non-hydrogen) atoms. The van der Waals surface area contributed by atoms with Crippen molar-refractivity contribution in [2.75, 3.05) is 6.54 Å². The predicted octanol–water partition coefficient (Wildman–Crippen LogP) is 2.81. The first kappa shape index (κ1) is 14.3. The highest BCUT2D eigenvalue weighted by molar-refractivity contribution is 7.09. The standard InChI is InChI=1S/C15H23N3S/c1-4-12-9-14(18(3)17-12)10-13(16-5-2)11-15-7-6-8-19-15/h6-9,13,16H,4-5,10-11H2,1-3H3. The lowest BCUT2D eigenvalue weighted by Gasteiger charge is -2.17. The van der Waals surface area contributed by atoms with Gasteiger partial charge in [-0.2, -0.15) is 5.10 Å². The highest BCUT2D eigenvalue weighted by Gasteiger charge is 2.13. The molecule has 2 rings (SSSR count). The van der Waals surface area contributed by atoms with Crippen LogP contribution in [0.3, 0.4) is 0 Å². The number of hydrogen-bond donors (Lipinski definition) is 1. The molecule has 1 atom stereocenters. The van der Waals surface area contributed by atoms with E-state index in [1.807, 2.05) is 23.1 Å². The zero-order valence-corrected chi connectivity index (χ0v) is 12.8. The average molecular weight is 277 g/mol. The largest absolute Gasteiger partial charge is 0.314 e. The van der Waals surface area contributed by atoms with Crippen molar-refractivity contribution in [3.63, 3.8) is 0 Å². The van der Waals surface area contributed by atoms with Crippen molar-refractivity contribution in [3.8, 4) is 0 Å². The fraction of sp³-hybridized carbons (Fsp3) is 0.533. The first-order valence-electron chi connectivity index (χ1n) is 7.00. The molecular formula is C15H23N3S. The van der Waals surface area contributed by atoms with Crippen LogP contribution in [0.5, 0.6) is 0 Å². The molecule has 4 heteroatoms. The van der Waals surface area contributed by atoms with Crippen LogP contribution >= 0.6 is 11.3 Å². The summed E-state index contributed by atoms with van der Waals surface area (Å²) >= 11 is 1.84. The molecule has 2 heterocycles. The van der Waals surface area contributed by atoms with Gasteiger partial charge in [-0.1, -0.05) is 19.9 Å². The van der Waals surface area contributed by atoms with E-state index in [0.717, 1.165) is 25.8 Å². The lowest BCUT2D eigenvalue weighted by atomic mass is 10.1. The maximum absolute atomic E-state index is 4.53. The van der Waals surface area contributed by atoms with Gasteiger partial charge < -0.3 is 5.32 Å². The summed E-state index contributed by atoms with van der Waals surface area (Å²) < 4.78 is 2.03. The molecule has 0 aromatic carbocycles. The summed E-state index contributed by atoms with van der Waals surface area (Å²) in [5, 5.41) is 10.3. The molecule has 0 spiro atoms. The molecule has 0 saturated carbocycles. The molecular weight excluding hydrogens is 254 g/mol. The minimum atomic E-state index is 0.490. The quantitative estimate of drug-likeness (QED) is 0.843. The molecule has 3 nitrogen and oxygen atoms in total. The van der Waals surface area contributed by atoms with E-state index in [0.29, 0.717) is 6.04 Å². The Labute approximate surface area is 119 Å². The van der Waals surface area contributed by atoms with Gasteiger partial charge in [0.25, 0.3) is 0 Å². The van der Waals surface area contributed by atoms with Gasteiger partial charge in [-0.05, 0) is 36.9 Å². The lowest BCUT2D eigenvalue weighted by Crippen LogP contribution is -2.33. The van der Waals surface area contributed by atoms with Gasteiger partial charge in [0, 0.05) is 30.1 Å². The lowest BCUT2D eigenvalue weighted by molar-refractivity contribution is 0.507. The molecule has 0 aliphatic carbocycles. The van der Waals surface area contributed by atoms with Crippen LogP contribution in [-0.2, 0) is 26.3 Å². The Kier molecular flexibility index (Phi) is 5.16. The highest BCUT2D eigenvalue weighted by atomic mass is 32.1. The first-order valence-corrected chi connectivity index (χ1v) is 7.88. The average Bonchev–Trinajstić information content (AvgIpc) is 3.00. The van der Waals surface area contributed by atoms with Gasteiger partial charge in [0.1, 0.15) is 0 Å². The predicted molar refractivity (Wildman–Crippen MR) is 81.8 cm³/mol. The number of nitrogens with one attached hydrogen (secondary N) is 1. The monoisotopic (exact) mass is 277 g/mol. The fourth-order valence-electron chi connectivity index (χ4n) is 2.36. The maximum atomic E-state index is 4.53. The van der Waals surface area contributed by atoms with E-state index >= 15 is 0 Å². The summed E-state index contributed by atoms with van der Waals surface area (Å²) in [5.74, 6) is 0. The molecule has 0 amide bonds. The van der Waals surface area contributed by atoms with Gasteiger partial charge in [0.05, 0.1) is 5.69 Å². The van der Waals surface area contributed by atoms with E-state index in [1.54, 1.807) is 0 Å². The van der Waals surface area contributed by atoms with Crippen LogP contribution in [0.2, 0.25) is 0 Å². The Balaban J connectivity index is 2.04. The van der Waals surface area contributed by atoms with Crippen LogP contribution < -0.4 is 5.32 Å². The third kappa shape index (κ3) is 3.91. The van der Waals surface area contributed by atoms with Crippen LogP contribution in [0.25, 0.3) is 0 Å². The number of aryl methyl sites for hydroxylation is 2. The molecule has 0 fully saturated rings. The number of thiophene rings is 1. The molecule has 0 saturated heterocycles. The second-order valence-electron chi connectivity index (χ2n) is 4.85. The smallest absolute Gasteiger partial charge is 0.0624 e. The SMILES string of the molecule is CCNC(Cc1cccs1)Cc1cc(CC)nn1C. The molecule has 2 aromatic heterocycles. The highest BCUT2D eigenvalue weighted by Crippen LogP contribution is 2.14. The van der Waals surface area contributed by atoms with Gasteiger partial charge >= 0.3 is 0 Å². The molecule has 0 aliphatic rings. The Morgan fingerprint density at radius 1 is 1.37 bits per heavy atom. The Morgan fingerprint density at radius 2 is 2.21 bits per heavy atom. The van der Waals surface area contributed by atoms with Gasteiger partial charge in [-0.25, -0.2) is 0 Å². The number of rotatable bonds is 7. The Morgan fingerprint density at radius 3 is 2.79 bits per heavy atom. The minimum Gasteiger partial charge on any atom is -0.314 e. The number of likely N-dealkylation sites (N-methyl/N-ethyl adjacent to an activating group) is 1. The van der Waals surface area contributed by atoms with E-state index in [2.05, 4.69) is 47.8 Å². The Hall–Kier alpha value is -1.13. The van der Waals surface area contributed by atoms with Crippen molar-refractivity contribution in [2.24, 2.45) is 7.05 Å². The van der Waals surface area contributed by atoms with Crippen LogP contribution in [0.15, 0.2) is 23.6 Å². The van der Waals surface area contributed by atoms with E-state index in [4.69, 9.17) is 0 Å². The van der Waals surface area contributed by atoms with E-state index in [1.165, 1.54) is 16.3 Å². The van der Waals surface area contributed by atoms with Crippen LogP contribution in [0.1, 0.15) is 30.1 Å². The minimum absolute atomic E-state index is 0.490. The zero-order chi connectivity index (χ0) is 13.7. The van der Waals surface area contributed by atoms with Gasteiger partial charge in [-0.3, -0.25) is 4.68 Å². The van der Waals surface area contributed by atoms with Crippen molar-refractivity contribution >= 4 is 11.3 Å². The van der Waals surface area contributed by atoms with E-state index in [9.17, 15) is 0 Å². The van der Waals surface area contributed by atoms with Crippen molar-refractivity contribution in [1.82, 2.24) is 15.1 Å². The first-order chi connectivity index (χ1) is 9.22. The fourth-order valence-corrected chi connectivity index (χ4v) is 3.15. The summed E-state index contributed by atoms with van der Waals surface area (Å²) in [5.41, 5.74) is 2.50. The molecule has 0 bridgehead atoms. The summed E-state index contributed by atoms with van der Waals surface area (Å²) in [4.78, 5) is 1.45. The van der Waals surface area contributed by atoms with Gasteiger partial charge in [-0.15, -0.1) is 11.3 Å². The van der Waals surface area contributed by atoms with E-state index < -0.39 is 0 Å². The second-order valence-corrected chi connectivity index (χ2v) is 5.88. The van der Waals surface area contributed by atoms with Crippen molar-refractivity contribution in [2.45, 2.75) is 39.2 Å². The van der Waals surface area contributed by atoms with E-state index in [-0.39, 0.29) is 0 Å². The maximum Gasteiger partial charge on any atom is 0.0624 e. The normalized spacial score (nSPS) is 12.8. The van der Waals surface area contributed by atoms with Crippen LogP contribution in [0, 0.1) is 0 Å². The molecule has 1 unspecified atom stereocenters. The molecule has 2 aromatic rings. The summed E-state index contributed by atoms with van der Waals surface area (Å²) in [6.45, 7) is 5.33. The Bertz CT molecular complexity index is 487. The molecule has 1 N–H and O–H groups in total. The van der Waals surface area contributed by atoms with Gasteiger partial charge in [0.2, 0.25) is 0 Å². The van der Waals surface area contributed by atoms with Crippen molar-refractivity contribution in [1.29, 1.82) is 0 Å². The number of hydrogen-bond acceptors (Lipinski definition) is 3. The summed E-state index contributed by atoms with van der Waals surface area (Å²) in [6.07, 6.45) is 3.14. The molecule has 104 valence electrons. The third-order valence-electron chi connectivity index (χ3n) is 3.37. The number of nitrogens with zero attached hydrogens (tertiary/aromatic N) is 2. The molecule has 0 radical (unpaired) electrons. The summed E-state index contributed by atoms with van der Waals surface area (Å²) in [6, 6.07) is 7.07. The topological polar surface area (TPSA) is 29.9 Å². The van der Waals surface area contributed by atoms with Crippen molar-refractivity contribution < 1.29 is 0 Å². The number of aromatic nitrogens is 2. The van der Waals surface area contributed by atoms with Gasteiger partial charge in [0.15, 0.2) is 0 Å². The van der Waals surface area contributed by atoms with Crippen LogP contribution in [-0.4, -0.2) is 22.4 Å². The van der Waals surface area contributed by atoms with Crippen molar-refractivity contribution in [3.05, 3.63) is 39.8 Å². The summed E-state index contributed by atoms with van der Waals surface area (Å²) in [7, 11) is 2.04. The van der Waals surface area contributed by atoms with Crippen LogP contribution in [0.4, 0.5) is 0 Å². The second kappa shape index (κ2) is 6.87. The molecule has 0 aliphatic heterocycles. The third-order valence-corrected chi connectivity index (χ3v) is 4.26.